The van der Waals surface area contributed by atoms with E-state index in [9.17, 15) is 4.79 Å². The van der Waals surface area contributed by atoms with Crippen LogP contribution in [0.25, 0.3) is 5.65 Å². The lowest BCUT2D eigenvalue weighted by atomic mass is 9.82. The van der Waals surface area contributed by atoms with E-state index in [1.54, 1.807) is 18.3 Å². The average Bonchev–Trinajstić information content (AvgIpc) is 3.15. The second-order valence-electron chi connectivity index (χ2n) is 6.33. The molecule has 2 aliphatic rings. The van der Waals surface area contributed by atoms with Crippen molar-refractivity contribution >= 4 is 11.6 Å². The number of tetrazole rings is 1. The number of ether oxygens (including phenoxy) is 1. The Morgan fingerprint density at radius 2 is 2.23 bits per heavy atom. The predicted octanol–water partition coefficient (Wildman–Crippen LogP) is 1.35. The Hall–Kier alpha value is -2.02. The van der Waals surface area contributed by atoms with E-state index in [1.165, 1.54) is 23.8 Å². The first-order chi connectivity index (χ1) is 10.7. The Kier molecular flexibility index (Phi) is 3.29. The van der Waals surface area contributed by atoms with Crippen LogP contribution in [0.2, 0.25) is 0 Å². The quantitative estimate of drug-likeness (QED) is 0.905. The normalized spacial score (nSPS) is 23.9. The molecule has 1 aliphatic carbocycles. The molecule has 7 heteroatoms. The van der Waals surface area contributed by atoms with Crippen LogP contribution < -0.4 is 5.32 Å². The lowest BCUT2D eigenvalue weighted by Crippen LogP contribution is -2.37. The first-order valence-corrected chi connectivity index (χ1v) is 7.87. The molecule has 1 atom stereocenters. The Balaban J connectivity index is 1.43. The van der Waals surface area contributed by atoms with Gasteiger partial charge >= 0.3 is 0 Å². The van der Waals surface area contributed by atoms with Gasteiger partial charge in [-0.2, -0.15) is 0 Å². The molecule has 1 saturated heterocycles. The summed E-state index contributed by atoms with van der Waals surface area (Å²) in [5.74, 6) is -0.0908. The molecule has 0 aromatic carbocycles. The van der Waals surface area contributed by atoms with Crippen molar-refractivity contribution in [2.75, 3.05) is 6.61 Å². The van der Waals surface area contributed by atoms with Crippen LogP contribution >= 0.6 is 0 Å². The number of hydrogen-bond acceptors (Lipinski definition) is 5. The van der Waals surface area contributed by atoms with Crippen molar-refractivity contribution in [3.05, 3.63) is 23.9 Å². The second-order valence-corrected chi connectivity index (χ2v) is 6.33. The molecule has 1 saturated carbocycles. The number of rotatable bonds is 2. The molecule has 1 spiro atoms. The van der Waals surface area contributed by atoms with E-state index in [4.69, 9.17) is 4.74 Å². The summed E-state index contributed by atoms with van der Waals surface area (Å²) in [7, 11) is 0. The van der Waals surface area contributed by atoms with Crippen molar-refractivity contribution in [3.8, 4) is 0 Å². The van der Waals surface area contributed by atoms with Crippen molar-refractivity contribution in [3.63, 3.8) is 0 Å². The van der Waals surface area contributed by atoms with Gasteiger partial charge in [0.05, 0.1) is 18.2 Å². The van der Waals surface area contributed by atoms with E-state index in [0.717, 1.165) is 19.3 Å². The summed E-state index contributed by atoms with van der Waals surface area (Å²) in [4.78, 5) is 12.4. The van der Waals surface area contributed by atoms with Crippen molar-refractivity contribution in [1.82, 2.24) is 25.4 Å². The minimum absolute atomic E-state index is 0.0110. The zero-order valence-electron chi connectivity index (χ0n) is 12.4. The molecule has 116 valence electrons. The summed E-state index contributed by atoms with van der Waals surface area (Å²) in [5, 5.41) is 14.3. The molecule has 0 bridgehead atoms. The highest BCUT2D eigenvalue weighted by atomic mass is 16.5. The molecule has 0 unspecified atom stereocenters. The van der Waals surface area contributed by atoms with Crippen LogP contribution in [0.15, 0.2) is 18.3 Å². The Morgan fingerprint density at radius 1 is 1.36 bits per heavy atom. The number of amides is 1. The summed E-state index contributed by atoms with van der Waals surface area (Å²) in [6.07, 6.45) is 8.63. The summed E-state index contributed by atoms with van der Waals surface area (Å²) in [5.41, 5.74) is 1.16. The van der Waals surface area contributed by atoms with Crippen molar-refractivity contribution in [2.45, 2.75) is 50.2 Å². The van der Waals surface area contributed by atoms with Crippen LogP contribution in [0, 0.1) is 0 Å². The fraction of sp³-hybridized carbons (Fsp3) is 0.600. The average molecular weight is 301 g/mol. The number of nitrogens with one attached hydrogen (secondary N) is 1. The van der Waals surface area contributed by atoms with E-state index in [-0.39, 0.29) is 17.6 Å². The largest absolute Gasteiger partial charge is 0.373 e. The lowest BCUT2D eigenvalue weighted by Gasteiger charge is -2.32. The summed E-state index contributed by atoms with van der Waals surface area (Å²) in [6, 6.07) is 3.52. The zero-order chi connectivity index (χ0) is 15.0. The van der Waals surface area contributed by atoms with E-state index < -0.39 is 0 Å². The number of carbonyl (C=O) groups is 1. The van der Waals surface area contributed by atoms with Gasteiger partial charge in [0.25, 0.3) is 5.91 Å². The van der Waals surface area contributed by atoms with E-state index in [0.29, 0.717) is 17.8 Å². The molecule has 22 heavy (non-hydrogen) atoms. The SMILES string of the molecule is O=C(N[C@H]1COC2(CCCCC2)C1)c1ccn2nnnc2c1. The first kappa shape index (κ1) is 13.6. The molecule has 7 nitrogen and oxygen atoms in total. The maximum Gasteiger partial charge on any atom is 0.251 e. The minimum Gasteiger partial charge on any atom is -0.373 e. The number of pyridine rings is 1. The van der Waals surface area contributed by atoms with Crippen molar-refractivity contribution in [1.29, 1.82) is 0 Å². The maximum atomic E-state index is 12.4. The topological polar surface area (TPSA) is 81.4 Å². The van der Waals surface area contributed by atoms with Crippen LogP contribution in [-0.4, -0.2) is 44.2 Å². The number of aromatic nitrogens is 4. The van der Waals surface area contributed by atoms with Crippen LogP contribution in [0.3, 0.4) is 0 Å². The third kappa shape index (κ3) is 2.45. The van der Waals surface area contributed by atoms with Gasteiger partial charge in [0.2, 0.25) is 0 Å². The Bertz CT molecular complexity index is 692. The first-order valence-electron chi connectivity index (χ1n) is 7.87. The van der Waals surface area contributed by atoms with Gasteiger partial charge in [-0.05, 0) is 41.8 Å². The molecule has 1 N–H and O–H groups in total. The van der Waals surface area contributed by atoms with Gasteiger partial charge < -0.3 is 10.1 Å². The van der Waals surface area contributed by atoms with Gasteiger partial charge in [-0.3, -0.25) is 4.79 Å². The van der Waals surface area contributed by atoms with Gasteiger partial charge in [-0.15, -0.1) is 5.10 Å². The molecule has 3 heterocycles. The van der Waals surface area contributed by atoms with Crippen molar-refractivity contribution < 1.29 is 9.53 Å². The van der Waals surface area contributed by atoms with Crippen LogP contribution in [0.5, 0.6) is 0 Å². The summed E-state index contributed by atoms with van der Waals surface area (Å²) in [6.45, 7) is 0.612. The number of fused-ring (bicyclic) bond motifs is 1. The maximum absolute atomic E-state index is 12.4. The second kappa shape index (κ2) is 5.31. The molecule has 2 fully saturated rings. The molecule has 0 radical (unpaired) electrons. The molecule has 2 aromatic rings. The highest BCUT2D eigenvalue weighted by Crippen LogP contribution is 2.39. The van der Waals surface area contributed by atoms with Crippen LogP contribution in [0.4, 0.5) is 0 Å². The van der Waals surface area contributed by atoms with Gasteiger partial charge in [0.1, 0.15) is 0 Å². The standard InChI is InChI=1S/C15H19N5O2/c21-14(11-4-7-20-13(8-11)17-18-19-20)16-12-9-15(22-10-12)5-2-1-3-6-15/h4,7-8,12H,1-3,5-6,9-10H2,(H,16,21)/t12-/m1/s1. The van der Waals surface area contributed by atoms with Gasteiger partial charge in [-0.25, -0.2) is 4.52 Å². The predicted molar refractivity (Wildman–Crippen MR) is 78.4 cm³/mol. The third-order valence-electron chi connectivity index (χ3n) is 4.77. The van der Waals surface area contributed by atoms with Crippen molar-refractivity contribution in [2.24, 2.45) is 0 Å². The molecule has 2 aromatic heterocycles. The molecule has 4 rings (SSSR count). The third-order valence-corrected chi connectivity index (χ3v) is 4.77. The van der Waals surface area contributed by atoms with E-state index in [1.807, 2.05) is 0 Å². The fourth-order valence-corrected chi connectivity index (χ4v) is 3.63. The smallest absolute Gasteiger partial charge is 0.251 e. The number of hydrogen-bond donors (Lipinski definition) is 1. The van der Waals surface area contributed by atoms with E-state index >= 15 is 0 Å². The monoisotopic (exact) mass is 301 g/mol. The number of nitrogens with zero attached hydrogens (tertiary/aromatic N) is 4. The fourth-order valence-electron chi connectivity index (χ4n) is 3.63. The van der Waals surface area contributed by atoms with Crippen LogP contribution in [0.1, 0.15) is 48.9 Å². The van der Waals surface area contributed by atoms with E-state index in [2.05, 4.69) is 20.8 Å². The Morgan fingerprint density at radius 3 is 3.09 bits per heavy atom. The highest BCUT2D eigenvalue weighted by molar-refractivity contribution is 5.95. The molecular formula is C15H19N5O2. The number of carbonyl (C=O) groups excluding carboxylic acids is 1. The molecule has 1 amide bonds. The summed E-state index contributed by atoms with van der Waals surface area (Å²) >= 11 is 0. The Labute approximate surface area is 128 Å². The summed E-state index contributed by atoms with van der Waals surface area (Å²) < 4.78 is 7.57. The zero-order valence-corrected chi connectivity index (χ0v) is 12.4. The van der Waals surface area contributed by atoms with Gasteiger partial charge in [0, 0.05) is 11.8 Å². The molecule has 1 aliphatic heterocycles. The van der Waals surface area contributed by atoms with Crippen LogP contribution in [-0.2, 0) is 4.74 Å². The van der Waals surface area contributed by atoms with Gasteiger partial charge in [-0.1, -0.05) is 19.3 Å². The minimum atomic E-state index is -0.0908. The molecular weight excluding hydrogens is 282 g/mol. The highest BCUT2D eigenvalue weighted by Gasteiger charge is 2.41. The lowest BCUT2D eigenvalue weighted by molar-refractivity contribution is -0.0246. The van der Waals surface area contributed by atoms with Gasteiger partial charge in [0.15, 0.2) is 5.65 Å².